The van der Waals surface area contributed by atoms with Crippen molar-refractivity contribution in [2.24, 2.45) is 0 Å². The first-order valence-corrected chi connectivity index (χ1v) is 12.6. The van der Waals surface area contributed by atoms with Crippen LogP contribution in [-0.4, -0.2) is 53.5 Å². The van der Waals surface area contributed by atoms with Gasteiger partial charge in [-0.05, 0) is 61.4 Å². The highest BCUT2D eigenvalue weighted by Crippen LogP contribution is 2.36. The zero-order valence-electron chi connectivity index (χ0n) is 21.3. The van der Waals surface area contributed by atoms with Gasteiger partial charge in [-0.2, -0.15) is 0 Å². The van der Waals surface area contributed by atoms with E-state index in [2.05, 4.69) is 20.3 Å². The van der Waals surface area contributed by atoms with Crippen LogP contribution in [0.15, 0.2) is 48.7 Å². The standard InChI is InChI=1S/C27H25N5O5S/c1-15-11-19(24-20(12-15)30-22(35-4)14-28-24)25-32-23-16(2)13-21(31-26(23)38-25)36-9-10-37-27(33)29-17-5-7-18(34-3)8-6-17/h5-8,11-14H,9-10H2,1-4H3,(H,29,33). The molecule has 2 aromatic carbocycles. The second-order valence-corrected chi connectivity index (χ2v) is 9.36. The third-order valence-electron chi connectivity index (χ3n) is 5.65. The fraction of sp³-hybridized carbons (Fsp3) is 0.222. The number of fused-ring (bicyclic) bond motifs is 2. The molecule has 3 aromatic heterocycles. The summed E-state index contributed by atoms with van der Waals surface area (Å²) in [6.45, 7) is 4.18. The minimum atomic E-state index is -0.573. The van der Waals surface area contributed by atoms with Crippen LogP contribution in [0.2, 0.25) is 0 Å². The largest absolute Gasteiger partial charge is 0.497 e. The number of benzene rings is 2. The molecular weight excluding hydrogens is 506 g/mol. The van der Waals surface area contributed by atoms with Gasteiger partial charge in [-0.15, -0.1) is 0 Å². The Morgan fingerprint density at radius 3 is 2.50 bits per heavy atom. The van der Waals surface area contributed by atoms with Gasteiger partial charge in [0.15, 0.2) is 0 Å². The molecule has 194 valence electrons. The third kappa shape index (κ3) is 5.42. The first-order chi connectivity index (χ1) is 18.4. The van der Waals surface area contributed by atoms with Crippen LogP contribution < -0.4 is 19.5 Å². The summed E-state index contributed by atoms with van der Waals surface area (Å²) in [7, 11) is 3.15. The summed E-state index contributed by atoms with van der Waals surface area (Å²) in [5.41, 5.74) is 5.74. The molecule has 0 aliphatic carbocycles. The fourth-order valence-electron chi connectivity index (χ4n) is 3.84. The molecule has 5 rings (SSSR count). The third-order valence-corrected chi connectivity index (χ3v) is 6.63. The maximum atomic E-state index is 12.0. The number of ether oxygens (including phenoxy) is 4. The van der Waals surface area contributed by atoms with Gasteiger partial charge in [-0.1, -0.05) is 11.3 Å². The van der Waals surface area contributed by atoms with E-state index in [9.17, 15) is 4.79 Å². The average molecular weight is 532 g/mol. The van der Waals surface area contributed by atoms with E-state index in [-0.39, 0.29) is 13.2 Å². The number of nitrogens with one attached hydrogen (secondary N) is 1. The molecule has 3 heterocycles. The molecule has 0 aliphatic heterocycles. The summed E-state index contributed by atoms with van der Waals surface area (Å²) < 4.78 is 21.3. The molecule has 11 heteroatoms. The Bertz CT molecular complexity index is 1620. The van der Waals surface area contributed by atoms with Crippen molar-refractivity contribution in [2.75, 3.05) is 32.8 Å². The fourth-order valence-corrected chi connectivity index (χ4v) is 4.86. The second-order valence-electron chi connectivity index (χ2n) is 8.38. The van der Waals surface area contributed by atoms with Crippen LogP contribution in [0.1, 0.15) is 11.1 Å². The van der Waals surface area contributed by atoms with Crippen molar-refractivity contribution in [1.29, 1.82) is 0 Å². The summed E-state index contributed by atoms with van der Waals surface area (Å²) in [6, 6.07) is 12.8. The van der Waals surface area contributed by atoms with Crippen LogP contribution >= 0.6 is 11.3 Å². The number of hydrogen-bond acceptors (Lipinski definition) is 10. The Morgan fingerprint density at radius 1 is 0.921 bits per heavy atom. The van der Waals surface area contributed by atoms with E-state index in [0.29, 0.717) is 23.2 Å². The minimum absolute atomic E-state index is 0.0616. The summed E-state index contributed by atoms with van der Waals surface area (Å²) in [4.78, 5) is 31.3. The molecular formula is C27H25N5O5S. The van der Waals surface area contributed by atoms with E-state index in [0.717, 1.165) is 43.1 Å². The molecule has 0 spiro atoms. The summed E-state index contributed by atoms with van der Waals surface area (Å²) in [6.07, 6.45) is 1.03. The van der Waals surface area contributed by atoms with Gasteiger partial charge in [0.25, 0.3) is 0 Å². The van der Waals surface area contributed by atoms with Crippen molar-refractivity contribution < 1.29 is 23.7 Å². The van der Waals surface area contributed by atoms with Crippen molar-refractivity contribution in [2.45, 2.75) is 13.8 Å². The number of carbonyl (C=O) groups excluding carboxylic acids is 1. The molecule has 1 N–H and O–H groups in total. The monoisotopic (exact) mass is 531 g/mol. The van der Waals surface area contributed by atoms with Crippen molar-refractivity contribution in [1.82, 2.24) is 19.9 Å². The van der Waals surface area contributed by atoms with Gasteiger partial charge in [0, 0.05) is 17.3 Å². The zero-order chi connectivity index (χ0) is 26.6. The highest BCUT2D eigenvalue weighted by Gasteiger charge is 2.16. The first-order valence-electron chi connectivity index (χ1n) is 11.7. The second kappa shape index (κ2) is 10.9. The highest BCUT2D eigenvalue weighted by atomic mass is 32.1. The van der Waals surface area contributed by atoms with Crippen molar-refractivity contribution in [3.8, 4) is 28.1 Å². The van der Waals surface area contributed by atoms with Gasteiger partial charge < -0.3 is 18.9 Å². The summed E-state index contributed by atoms with van der Waals surface area (Å²) in [5, 5.41) is 3.45. The van der Waals surface area contributed by atoms with Gasteiger partial charge in [-0.3, -0.25) is 5.32 Å². The number of methoxy groups -OCH3 is 2. The lowest BCUT2D eigenvalue weighted by Crippen LogP contribution is -2.17. The molecule has 5 aromatic rings. The lowest BCUT2D eigenvalue weighted by molar-refractivity contribution is 0.136. The Balaban J connectivity index is 1.27. The smallest absolute Gasteiger partial charge is 0.411 e. The number of carbonyl (C=O) groups is 1. The Morgan fingerprint density at radius 2 is 1.74 bits per heavy atom. The Hall–Kier alpha value is -4.51. The van der Waals surface area contributed by atoms with Crippen LogP contribution in [0.25, 0.3) is 32.0 Å². The predicted octanol–water partition coefficient (Wildman–Crippen LogP) is 5.56. The van der Waals surface area contributed by atoms with Gasteiger partial charge >= 0.3 is 6.09 Å². The van der Waals surface area contributed by atoms with Crippen LogP contribution in [0.5, 0.6) is 17.5 Å². The summed E-state index contributed by atoms with van der Waals surface area (Å²) in [5.74, 6) is 1.59. The van der Waals surface area contributed by atoms with Gasteiger partial charge in [0.05, 0.1) is 31.4 Å². The molecule has 0 atom stereocenters. The number of nitrogens with zero attached hydrogens (tertiary/aromatic N) is 4. The maximum Gasteiger partial charge on any atom is 0.411 e. The molecule has 0 saturated heterocycles. The predicted molar refractivity (Wildman–Crippen MR) is 145 cm³/mol. The number of amides is 1. The van der Waals surface area contributed by atoms with E-state index in [1.807, 2.05) is 32.0 Å². The molecule has 0 unspecified atom stereocenters. The maximum absolute atomic E-state index is 12.0. The number of aromatic nitrogens is 4. The van der Waals surface area contributed by atoms with E-state index in [1.165, 1.54) is 11.3 Å². The van der Waals surface area contributed by atoms with Crippen LogP contribution in [0.3, 0.4) is 0 Å². The molecule has 0 fully saturated rings. The molecule has 1 amide bonds. The van der Waals surface area contributed by atoms with Gasteiger partial charge in [0.2, 0.25) is 11.8 Å². The molecule has 10 nitrogen and oxygen atoms in total. The number of rotatable bonds is 8. The normalized spacial score (nSPS) is 10.9. The Labute approximate surface area is 222 Å². The van der Waals surface area contributed by atoms with Crippen molar-refractivity contribution in [3.63, 3.8) is 0 Å². The highest BCUT2D eigenvalue weighted by molar-refractivity contribution is 7.21. The van der Waals surface area contributed by atoms with Gasteiger partial charge in [0.1, 0.15) is 34.3 Å². The quantitative estimate of drug-likeness (QED) is 0.257. The van der Waals surface area contributed by atoms with E-state index in [4.69, 9.17) is 23.9 Å². The summed E-state index contributed by atoms with van der Waals surface area (Å²) >= 11 is 1.45. The van der Waals surface area contributed by atoms with Crippen LogP contribution in [0.4, 0.5) is 10.5 Å². The number of pyridine rings is 1. The number of aryl methyl sites for hydroxylation is 2. The average Bonchev–Trinajstić information content (AvgIpc) is 3.35. The molecule has 38 heavy (non-hydrogen) atoms. The number of hydrogen-bond donors (Lipinski definition) is 1. The van der Waals surface area contributed by atoms with Crippen LogP contribution in [-0.2, 0) is 4.74 Å². The van der Waals surface area contributed by atoms with E-state index in [1.54, 1.807) is 44.7 Å². The number of thiazole rings is 1. The van der Waals surface area contributed by atoms with Gasteiger partial charge in [-0.25, -0.2) is 24.7 Å². The minimum Gasteiger partial charge on any atom is -0.497 e. The SMILES string of the molecule is COc1ccc(NC(=O)OCCOc2cc(C)c3nc(-c4cc(C)cc5nc(OC)cnc45)sc3n2)cc1. The lowest BCUT2D eigenvalue weighted by atomic mass is 10.1. The zero-order valence-corrected chi connectivity index (χ0v) is 22.1. The topological polar surface area (TPSA) is 118 Å². The molecule has 0 radical (unpaired) electrons. The van der Waals surface area contributed by atoms with E-state index >= 15 is 0 Å². The van der Waals surface area contributed by atoms with Crippen molar-refractivity contribution >= 4 is 44.5 Å². The first kappa shape index (κ1) is 25.2. The van der Waals surface area contributed by atoms with Crippen LogP contribution in [0, 0.1) is 13.8 Å². The Kier molecular flexibility index (Phi) is 7.18. The van der Waals surface area contributed by atoms with E-state index < -0.39 is 6.09 Å². The van der Waals surface area contributed by atoms with Crippen molar-refractivity contribution in [3.05, 3.63) is 59.8 Å². The molecule has 0 saturated carbocycles. The lowest BCUT2D eigenvalue weighted by Gasteiger charge is -2.09. The molecule has 0 bridgehead atoms. The number of anilines is 1. The molecule has 0 aliphatic rings.